The van der Waals surface area contributed by atoms with E-state index in [1.807, 2.05) is 12.1 Å². The van der Waals surface area contributed by atoms with Gasteiger partial charge in [0.05, 0.1) is 18.2 Å². The van der Waals surface area contributed by atoms with Crippen LogP contribution in [0.25, 0.3) is 0 Å². The first-order valence-corrected chi connectivity index (χ1v) is 9.87. The predicted molar refractivity (Wildman–Crippen MR) is 113 cm³/mol. The van der Waals surface area contributed by atoms with E-state index in [1.54, 1.807) is 55.5 Å². The highest BCUT2D eigenvalue weighted by molar-refractivity contribution is 5.95. The van der Waals surface area contributed by atoms with Crippen LogP contribution in [0.2, 0.25) is 0 Å². The number of rotatable bonds is 8. The number of hydrogen-bond donors (Lipinski definition) is 3. The van der Waals surface area contributed by atoms with E-state index in [9.17, 15) is 14.4 Å². The lowest BCUT2D eigenvalue weighted by Gasteiger charge is -2.24. The third-order valence-electron chi connectivity index (χ3n) is 5.13. The molecule has 1 aliphatic rings. The summed E-state index contributed by atoms with van der Waals surface area (Å²) in [4.78, 5) is 38.1. The number of nitriles is 1. The molecule has 8 nitrogen and oxygen atoms in total. The Balaban J connectivity index is 1.79. The molecule has 0 spiro atoms. The van der Waals surface area contributed by atoms with Gasteiger partial charge in [0.15, 0.2) is 5.60 Å². The number of hydrogen-bond acceptors (Lipinski definition) is 5. The van der Waals surface area contributed by atoms with Crippen molar-refractivity contribution in [1.29, 1.82) is 5.26 Å². The van der Waals surface area contributed by atoms with Crippen molar-refractivity contribution in [1.82, 2.24) is 16.0 Å². The van der Waals surface area contributed by atoms with E-state index in [4.69, 9.17) is 10.00 Å². The summed E-state index contributed by atoms with van der Waals surface area (Å²) in [6.07, 6.45) is 0.230. The number of benzene rings is 2. The fraction of sp³-hybridized carbons (Fsp3) is 0.304. The SMILES string of the molecule is CNC(=O)[C@@H](Cc1ccc(C#N)cc1)NC(=O)[C@@H](NC(=O)[C@@]1(C)CO1)c1ccccc1. The molecule has 1 heterocycles. The lowest BCUT2D eigenvalue weighted by molar-refractivity contribution is -0.133. The predicted octanol–water partition coefficient (Wildman–Crippen LogP) is 0.978. The second-order valence-corrected chi connectivity index (χ2v) is 7.52. The molecule has 1 saturated heterocycles. The monoisotopic (exact) mass is 420 g/mol. The molecule has 0 aromatic heterocycles. The Bertz CT molecular complexity index is 994. The van der Waals surface area contributed by atoms with Gasteiger partial charge in [-0.05, 0) is 30.2 Å². The van der Waals surface area contributed by atoms with Gasteiger partial charge in [-0.15, -0.1) is 0 Å². The molecule has 1 fully saturated rings. The van der Waals surface area contributed by atoms with E-state index in [-0.39, 0.29) is 18.2 Å². The molecule has 31 heavy (non-hydrogen) atoms. The Morgan fingerprint density at radius 1 is 1.06 bits per heavy atom. The van der Waals surface area contributed by atoms with Gasteiger partial charge in [0, 0.05) is 13.5 Å². The van der Waals surface area contributed by atoms with Gasteiger partial charge in [-0.2, -0.15) is 5.26 Å². The molecule has 3 N–H and O–H groups in total. The highest BCUT2D eigenvalue weighted by atomic mass is 16.6. The first-order valence-electron chi connectivity index (χ1n) is 9.87. The fourth-order valence-electron chi connectivity index (χ4n) is 3.06. The molecule has 2 aromatic rings. The smallest absolute Gasteiger partial charge is 0.255 e. The lowest BCUT2D eigenvalue weighted by Crippen LogP contribution is -2.52. The number of epoxide rings is 1. The van der Waals surface area contributed by atoms with Crippen molar-refractivity contribution in [3.63, 3.8) is 0 Å². The number of nitrogens with zero attached hydrogens (tertiary/aromatic N) is 1. The number of carbonyl (C=O) groups excluding carboxylic acids is 3. The molecule has 8 heteroatoms. The minimum absolute atomic E-state index is 0.230. The van der Waals surface area contributed by atoms with Crippen LogP contribution in [0.4, 0.5) is 0 Å². The molecular formula is C23H24N4O4. The maximum absolute atomic E-state index is 13.2. The molecule has 160 valence electrons. The zero-order chi connectivity index (χ0) is 22.4. The second kappa shape index (κ2) is 9.41. The van der Waals surface area contributed by atoms with Crippen molar-refractivity contribution in [2.75, 3.05) is 13.7 Å². The number of likely N-dealkylation sites (N-methyl/N-ethyl adjacent to an activating group) is 1. The van der Waals surface area contributed by atoms with Crippen molar-refractivity contribution >= 4 is 17.7 Å². The summed E-state index contributed by atoms with van der Waals surface area (Å²) in [5.41, 5.74) is 0.946. The van der Waals surface area contributed by atoms with Crippen molar-refractivity contribution in [2.24, 2.45) is 0 Å². The van der Waals surface area contributed by atoms with Gasteiger partial charge >= 0.3 is 0 Å². The molecule has 3 rings (SSSR count). The van der Waals surface area contributed by atoms with Gasteiger partial charge in [-0.25, -0.2) is 0 Å². The summed E-state index contributed by atoms with van der Waals surface area (Å²) in [5.74, 6) is -1.26. The van der Waals surface area contributed by atoms with E-state index in [0.29, 0.717) is 17.7 Å². The normalized spacial score (nSPS) is 18.7. The van der Waals surface area contributed by atoms with Crippen LogP contribution < -0.4 is 16.0 Å². The van der Waals surface area contributed by atoms with Crippen LogP contribution in [0.5, 0.6) is 0 Å². The highest BCUT2D eigenvalue weighted by Crippen LogP contribution is 2.27. The van der Waals surface area contributed by atoms with Crippen LogP contribution in [-0.4, -0.2) is 43.0 Å². The lowest BCUT2D eigenvalue weighted by atomic mass is 10.0. The van der Waals surface area contributed by atoms with E-state index in [0.717, 1.165) is 5.56 Å². The Kier molecular flexibility index (Phi) is 6.68. The third-order valence-corrected chi connectivity index (χ3v) is 5.13. The molecule has 0 aliphatic carbocycles. The van der Waals surface area contributed by atoms with E-state index in [2.05, 4.69) is 16.0 Å². The van der Waals surface area contributed by atoms with Gasteiger partial charge in [0.25, 0.3) is 5.91 Å². The quantitative estimate of drug-likeness (QED) is 0.549. The molecule has 0 bridgehead atoms. The van der Waals surface area contributed by atoms with Gasteiger partial charge in [-0.3, -0.25) is 14.4 Å². The van der Waals surface area contributed by atoms with Crippen molar-refractivity contribution in [2.45, 2.75) is 31.0 Å². The van der Waals surface area contributed by atoms with Gasteiger partial charge in [0.1, 0.15) is 12.1 Å². The molecule has 3 atom stereocenters. The maximum Gasteiger partial charge on any atom is 0.255 e. The standard InChI is InChI=1S/C23H24N4O4/c1-23(14-31-23)22(30)27-19(17-6-4-3-5-7-17)21(29)26-18(20(28)25-2)12-15-8-10-16(13-24)11-9-15/h3-11,18-19H,12,14H2,1-2H3,(H,25,28)(H,26,29)(H,27,30)/t18-,19+,23-/m1/s1. The topological polar surface area (TPSA) is 124 Å². The van der Waals surface area contributed by atoms with Crippen LogP contribution in [-0.2, 0) is 25.5 Å². The second-order valence-electron chi connectivity index (χ2n) is 7.52. The molecule has 1 aliphatic heterocycles. The molecule has 0 radical (unpaired) electrons. The number of ether oxygens (including phenoxy) is 1. The van der Waals surface area contributed by atoms with Gasteiger partial charge < -0.3 is 20.7 Å². The average molecular weight is 420 g/mol. The van der Waals surface area contributed by atoms with Gasteiger partial charge in [0.2, 0.25) is 11.8 Å². The van der Waals surface area contributed by atoms with E-state index in [1.165, 1.54) is 7.05 Å². The summed E-state index contributed by atoms with van der Waals surface area (Å²) in [7, 11) is 1.49. The minimum Gasteiger partial charge on any atom is -0.359 e. The summed E-state index contributed by atoms with van der Waals surface area (Å²) in [6.45, 7) is 1.95. The number of carbonyl (C=O) groups is 3. The molecule has 2 aromatic carbocycles. The summed E-state index contributed by atoms with van der Waals surface area (Å²) in [5, 5.41) is 17.0. The van der Waals surface area contributed by atoms with Crippen LogP contribution >= 0.6 is 0 Å². The fourth-order valence-corrected chi connectivity index (χ4v) is 3.06. The largest absolute Gasteiger partial charge is 0.359 e. The zero-order valence-corrected chi connectivity index (χ0v) is 17.3. The Hall–Kier alpha value is -3.70. The first-order chi connectivity index (χ1) is 14.9. The molecule has 0 saturated carbocycles. The first kappa shape index (κ1) is 22.0. The Labute approximate surface area is 180 Å². The number of amides is 3. The summed E-state index contributed by atoms with van der Waals surface area (Å²) in [6, 6.07) is 15.8. The molecule has 0 unspecified atom stereocenters. The summed E-state index contributed by atoms with van der Waals surface area (Å²) < 4.78 is 5.18. The van der Waals surface area contributed by atoms with Crippen molar-refractivity contribution < 1.29 is 19.1 Å². The Morgan fingerprint density at radius 3 is 2.26 bits per heavy atom. The van der Waals surface area contributed by atoms with Gasteiger partial charge in [-0.1, -0.05) is 42.5 Å². The molecule has 3 amide bonds. The number of nitrogens with one attached hydrogen (secondary N) is 3. The van der Waals surface area contributed by atoms with Crippen LogP contribution in [0.3, 0.4) is 0 Å². The maximum atomic E-state index is 13.2. The molecular weight excluding hydrogens is 396 g/mol. The summed E-state index contributed by atoms with van der Waals surface area (Å²) >= 11 is 0. The van der Waals surface area contributed by atoms with E-state index < -0.39 is 23.6 Å². The van der Waals surface area contributed by atoms with Crippen LogP contribution in [0.15, 0.2) is 54.6 Å². The van der Waals surface area contributed by atoms with Crippen molar-refractivity contribution in [3.05, 3.63) is 71.3 Å². The average Bonchev–Trinajstić information content (AvgIpc) is 3.55. The van der Waals surface area contributed by atoms with Crippen LogP contribution in [0.1, 0.15) is 29.7 Å². The minimum atomic E-state index is -0.983. The van der Waals surface area contributed by atoms with Crippen molar-refractivity contribution in [3.8, 4) is 6.07 Å². The van der Waals surface area contributed by atoms with E-state index >= 15 is 0 Å². The van der Waals surface area contributed by atoms with Crippen LogP contribution in [0, 0.1) is 11.3 Å². The Morgan fingerprint density at radius 2 is 1.71 bits per heavy atom. The third kappa shape index (κ3) is 5.47. The zero-order valence-electron chi connectivity index (χ0n) is 17.3. The highest BCUT2D eigenvalue weighted by Gasteiger charge is 2.48.